The van der Waals surface area contributed by atoms with Gasteiger partial charge >= 0.3 is 17.9 Å². The van der Waals surface area contributed by atoms with Crippen LogP contribution in [0.25, 0.3) is 21.8 Å². The van der Waals surface area contributed by atoms with Crippen LogP contribution in [0.3, 0.4) is 0 Å². The van der Waals surface area contributed by atoms with Gasteiger partial charge in [-0.05, 0) is 31.9 Å². The minimum atomic E-state index is -0.687. The van der Waals surface area contributed by atoms with Crippen LogP contribution in [0.4, 0.5) is 0 Å². The van der Waals surface area contributed by atoms with Crippen LogP contribution in [0.5, 0.6) is 11.5 Å². The number of hydrogen-bond acceptors (Lipinski definition) is 9. The summed E-state index contributed by atoms with van der Waals surface area (Å²) < 4.78 is 26.9. The molecule has 0 saturated heterocycles. The van der Waals surface area contributed by atoms with Crippen LogP contribution in [0.15, 0.2) is 12.1 Å². The molecule has 182 valence electrons. The van der Waals surface area contributed by atoms with E-state index >= 15 is 0 Å². The Labute approximate surface area is 196 Å². The molecule has 0 amide bonds. The summed E-state index contributed by atoms with van der Waals surface area (Å²) in [5.74, 6) is -1.45. The number of hydrogen-bond donors (Lipinski definition) is 1. The third-order valence-corrected chi connectivity index (χ3v) is 4.96. The SMILES string of the molecule is CCCOC(=O)c1cc(C(=O)OCCC)c2c(n1)c(OC)c(OC)c1cc(C(=O)OCC)[nH]c12. The fraction of sp³-hybridized carbons (Fsp3) is 0.417. The molecule has 0 aliphatic carbocycles. The highest BCUT2D eigenvalue weighted by Crippen LogP contribution is 2.44. The van der Waals surface area contributed by atoms with Gasteiger partial charge in [-0.15, -0.1) is 0 Å². The predicted molar refractivity (Wildman–Crippen MR) is 124 cm³/mol. The molecule has 0 unspecified atom stereocenters. The number of H-pyrrole nitrogens is 1. The molecule has 2 heterocycles. The van der Waals surface area contributed by atoms with Crippen LogP contribution in [0, 0.1) is 0 Å². The largest absolute Gasteiger partial charge is 0.492 e. The summed E-state index contributed by atoms with van der Waals surface area (Å²) in [5.41, 5.74) is 0.717. The minimum absolute atomic E-state index is 0.0742. The second-order valence-corrected chi connectivity index (χ2v) is 7.31. The predicted octanol–water partition coefficient (Wildman–Crippen LogP) is 4.04. The van der Waals surface area contributed by atoms with E-state index < -0.39 is 17.9 Å². The van der Waals surface area contributed by atoms with Gasteiger partial charge in [0, 0.05) is 10.8 Å². The number of carbonyl (C=O) groups excluding carboxylic acids is 3. The van der Waals surface area contributed by atoms with Crippen LogP contribution in [-0.4, -0.2) is 61.9 Å². The number of pyridine rings is 1. The van der Waals surface area contributed by atoms with Crippen molar-refractivity contribution in [3.05, 3.63) is 29.1 Å². The summed E-state index contributed by atoms with van der Waals surface area (Å²) in [7, 11) is 2.86. The number of rotatable bonds is 10. The highest BCUT2D eigenvalue weighted by molar-refractivity contribution is 6.20. The van der Waals surface area contributed by atoms with E-state index in [1.54, 1.807) is 13.0 Å². The Balaban J connectivity index is 2.42. The van der Waals surface area contributed by atoms with Gasteiger partial charge in [-0.2, -0.15) is 0 Å². The molecule has 0 radical (unpaired) electrons. The van der Waals surface area contributed by atoms with Gasteiger partial charge in [0.05, 0.1) is 45.1 Å². The van der Waals surface area contributed by atoms with E-state index in [9.17, 15) is 14.4 Å². The standard InChI is InChI=1S/C24H28N2O8/c1-6-9-33-22(27)13-11-15(24(29)34-10-7-2)26-19-17(13)18-14(20(30-4)21(19)31-5)12-16(25-18)23(28)32-8-3/h11-12,25H,6-10H2,1-5H3. The van der Waals surface area contributed by atoms with Crippen molar-refractivity contribution in [1.29, 1.82) is 0 Å². The van der Waals surface area contributed by atoms with Gasteiger partial charge in [0.15, 0.2) is 11.5 Å². The molecule has 10 heteroatoms. The van der Waals surface area contributed by atoms with Crippen molar-refractivity contribution in [3.63, 3.8) is 0 Å². The van der Waals surface area contributed by atoms with Crippen molar-refractivity contribution in [2.45, 2.75) is 33.6 Å². The zero-order valence-corrected chi connectivity index (χ0v) is 19.9. The van der Waals surface area contributed by atoms with Crippen molar-refractivity contribution in [1.82, 2.24) is 9.97 Å². The lowest BCUT2D eigenvalue weighted by atomic mass is 10.0. The Morgan fingerprint density at radius 3 is 2.09 bits per heavy atom. The van der Waals surface area contributed by atoms with Crippen LogP contribution >= 0.6 is 0 Å². The lowest BCUT2D eigenvalue weighted by Gasteiger charge is -2.15. The molecule has 0 saturated carbocycles. The Morgan fingerprint density at radius 1 is 0.853 bits per heavy atom. The van der Waals surface area contributed by atoms with E-state index in [0.29, 0.717) is 29.1 Å². The number of benzene rings is 1. The summed E-state index contributed by atoms with van der Waals surface area (Å²) in [6.45, 7) is 6.01. The number of fused-ring (bicyclic) bond motifs is 3. The highest BCUT2D eigenvalue weighted by atomic mass is 16.5. The molecule has 0 aliphatic rings. The van der Waals surface area contributed by atoms with Gasteiger partial charge in [0.25, 0.3) is 0 Å². The van der Waals surface area contributed by atoms with Crippen LogP contribution < -0.4 is 9.47 Å². The minimum Gasteiger partial charge on any atom is -0.492 e. The maximum Gasteiger partial charge on any atom is 0.356 e. The first-order chi connectivity index (χ1) is 16.4. The Bertz CT molecular complexity index is 1230. The van der Waals surface area contributed by atoms with Gasteiger partial charge < -0.3 is 28.7 Å². The van der Waals surface area contributed by atoms with E-state index in [1.165, 1.54) is 20.3 Å². The van der Waals surface area contributed by atoms with E-state index in [1.807, 2.05) is 13.8 Å². The maximum absolute atomic E-state index is 13.1. The second-order valence-electron chi connectivity index (χ2n) is 7.31. The lowest BCUT2D eigenvalue weighted by Crippen LogP contribution is -2.13. The molecule has 1 aromatic carbocycles. The molecule has 0 spiro atoms. The average molecular weight is 472 g/mol. The third-order valence-electron chi connectivity index (χ3n) is 4.96. The quantitative estimate of drug-likeness (QED) is 0.343. The van der Waals surface area contributed by atoms with Gasteiger partial charge in [-0.25, -0.2) is 19.4 Å². The van der Waals surface area contributed by atoms with Crippen molar-refractivity contribution >= 4 is 39.7 Å². The number of nitrogens with zero attached hydrogens (tertiary/aromatic N) is 1. The van der Waals surface area contributed by atoms with E-state index in [-0.39, 0.29) is 53.8 Å². The topological polar surface area (TPSA) is 126 Å². The number of nitrogens with one attached hydrogen (secondary N) is 1. The molecular weight excluding hydrogens is 444 g/mol. The maximum atomic E-state index is 13.1. The molecule has 3 aromatic rings. The molecule has 0 aliphatic heterocycles. The zero-order valence-electron chi connectivity index (χ0n) is 19.9. The van der Waals surface area contributed by atoms with Gasteiger partial charge in [0.1, 0.15) is 16.9 Å². The van der Waals surface area contributed by atoms with Crippen molar-refractivity contribution < 1.29 is 38.1 Å². The Hall–Kier alpha value is -3.82. The smallest absolute Gasteiger partial charge is 0.356 e. The summed E-state index contributed by atoms with van der Waals surface area (Å²) in [6, 6.07) is 2.88. The highest BCUT2D eigenvalue weighted by Gasteiger charge is 2.28. The zero-order chi connectivity index (χ0) is 24.8. The monoisotopic (exact) mass is 472 g/mol. The van der Waals surface area contributed by atoms with Crippen molar-refractivity contribution in [2.24, 2.45) is 0 Å². The Kier molecular flexibility index (Phi) is 7.93. The van der Waals surface area contributed by atoms with Crippen LogP contribution in [0.1, 0.15) is 64.9 Å². The fourth-order valence-corrected chi connectivity index (χ4v) is 3.54. The van der Waals surface area contributed by atoms with Crippen molar-refractivity contribution in [3.8, 4) is 11.5 Å². The first kappa shape index (κ1) is 24.8. The van der Waals surface area contributed by atoms with E-state index in [2.05, 4.69) is 9.97 Å². The van der Waals surface area contributed by atoms with Gasteiger partial charge in [-0.1, -0.05) is 13.8 Å². The summed E-state index contributed by atoms with van der Waals surface area (Å²) in [5, 5.41) is 0.791. The molecule has 0 atom stereocenters. The molecule has 34 heavy (non-hydrogen) atoms. The third kappa shape index (κ3) is 4.61. The van der Waals surface area contributed by atoms with E-state index in [0.717, 1.165) is 0 Å². The number of aromatic nitrogens is 2. The van der Waals surface area contributed by atoms with Gasteiger partial charge in [-0.3, -0.25) is 0 Å². The first-order valence-corrected chi connectivity index (χ1v) is 11.0. The van der Waals surface area contributed by atoms with Crippen LogP contribution in [-0.2, 0) is 14.2 Å². The molecule has 2 aromatic heterocycles. The van der Waals surface area contributed by atoms with Crippen LogP contribution in [0.2, 0.25) is 0 Å². The molecule has 0 fully saturated rings. The number of esters is 3. The number of methoxy groups -OCH3 is 2. The number of aromatic amines is 1. The summed E-state index contributed by atoms with van der Waals surface area (Å²) in [6.07, 6.45) is 1.24. The second kappa shape index (κ2) is 10.9. The first-order valence-electron chi connectivity index (χ1n) is 11.0. The lowest BCUT2D eigenvalue weighted by molar-refractivity contribution is 0.0493. The summed E-state index contributed by atoms with van der Waals surface area (Å²) in [4.78, 5) is 45.6. The van der Waals surface area contributed by atoms with Crippen molar-refractivity contribution in [2.75, 3.05) is 34.0 Å². The molecule has 10 nitrogen and oxygen atoms in total. The normalized spacial score (nSPS) is 10.9. The fourth-order valence-electron chi connectivity index (χ4n) is 3.54. The molecule has 0 bridgehead atoms. The molecule has 3 rings (SSSR count). The molecule has 1 N–H and O–H groups in total. The van der Waals surface area contributed by atoms with Gasteiger partial charge in [0.2, 0.25) is 0 Å². The summed E-state index contributed by atoms with van der Waals surface area (Å²) >= 11 is 0. The number of ether oxygens (including phenoxy) is 5. The molecular formula is C24H28N2O8. The number of carbonyl (C=O) groups is 3. The Morgan fingerprint density at radius 2 is 1.50 bits per heavy atom. The average Bonchev–Trinajstić information content (AvgIpc) is 3.29. The van der Waals surface area contributed by atoms with E-state index in [4.69, 9.17) is 23.7 Å².